The average molecular weight is 570 g/mol. The first-order chi connectivity index (χ1) is 19.7. The van der Waals surface area contributed by atoms with Crippen LogP contribution in [0.1, 0.15) is 49.9 Å². The number of carbonyl (C=O) groups excluding carboxylic acids is 1. The quantitative estimate of drug-likeness (QED) is 0.519. The molecule has 5 aliphatic carbocycles. The lowest BCUT2D eigenvalue weighted by atomic mass is 9.41. The first-order valence-electron chi connectivity index (χ1n) is 15.3. The third kappa shape index (κ3) is 2.70. The number of hydrogen-bond donors (Lipinski definition) is 1. The highest BCUT2D eigenvalue weighted by Crippen LogP contribution is 2.83. The lowest BCUT2D eigenvalue weighted by Crippen LogP contribution is -2.85. The van der Waals surface area contributed by atoms with Crippen LogP contribution in [0.5, 0.6) is 0 Å². The van der Waals surface area contributed by atoms with Crippen LogP contribution in [0.3, 0.4) is 0 Å². The fourth-order valence-electron chi connectivity index (χ4n) is 12.3. The van der Waals surface area contributed by atoms with Gasteiger partial charge in [-0.1, -0.05) is 32.0 Å². The number of piperidine rings is 1. The van der Waals surface area contributed by atoms with Crippen LogP contribution in [0.2, 0.25) is 0 Å². The molecule has 224 valence electrons. The number of aliphatic hydroxyl groups is 1. The zero-order valence-electron chi connectivity index (χ0n) is 24.7. The molecule has 1 aromatic carbocycles. The van der Waals surface area contributed by atoms with Crippen molar-refractivity contribution in [3.63, 3.8) is 0 Å². The minimum atomic E-state index is -1.21. The predicted molar refractivity (Wildman–Crippen MR) is 146 cm³/mol. The molecule has 9 nitrogen and oxygen atoms in total. The van der Waals surface area contributed by atoms with Gasteiger partial charge in [-0.05, 0) is 43.4 Å². The Morgan fingerprint density at radius 3 is 2.54 bits per heavy atom. The Morgan fingerprint density at radius 1 is 1.07 bits per heavy atom. The highest BCUT2D eigenvalue weighted by atomic mass is 16.7. The van der Waals surface area contributed by atoms with Crippen molar-refractivity contribution in [1.82, 2.24) is 4.90 Å². The van der Waals surface area contributed by atoms with Crippen LogP contribution in [0.15, 0.2) is 30.3 Å². The second kappa shape index (κ2) is 8.52. The Kier molecular flexibility index (Phi) is 5.61. The molecule has 0 amide bonds. The van der Waals surface area contributed by atoms with E-state index in [9.17, 15) is 9.90 Å². The van der Waals surface area contributed by atoms with E-state index in [1.807, 2.05) is 18.2 Å². The van der Waals surface area contributed by atoms with Gasteiger partial charge in [-0.2, -0.15) is 0 Å². The summed E-state index contributed by atoms with van der Waals surface area (Å²) in [5.41, 5.74) is -3.71. The summed E-state index contributed by atoms with van der Waals surface area (Å²) in [5.74, 6) is -0.941. The molecule has 7 bridgehead atoms. The largest absolute Gasteiger partial charge is 0.455 e. The molecule has 8 unspecified atom stereocenters. The molecule has 2 saturated heterocycles. The van der Waals surface area contributed by atoms with Gasteiger partial charge in [0.15, 0.2) is 5.60 Å². The van der Waals surface area contributed by atoms with E-state index < -0.39 is 28.3 Å². The third-order valence-electron chi connectivity index (χ3n) is 13.1. The molecular formula is C32H43NO8. The summed E-state index contributed by atoms with van der Waals surface area (Å²) in [6.07, 6.45) is 1.42. The van der Waals surface area contributed by atoms with Crippen LogP contribution in [0.25, 0.3) is 0 Å². The zero-order chi connectivity index (χ0) is 28.6. The number of likely N-dealkylation sites (tertiary alicyclic amines) is 1. The highest BCUT2D eigenvalue weighted by Gasteiger charge is 2.97. The van der Waals surface area contributed by atoms with E-state index in [1.54, 1.807) is 33.5 Å². The predicted octanol–water partition coefficient (Wildman–Crippen LogP) is 2.64. The lowest BCUT2D eigenvalue weighted by Gasteiger charge is -2.71. The van der Waals surface area contributed by atoms with E-state index in [-0.39, 0.29) is 60.3 Å². The number of likely N-dealkylation sites (N-methyl/N-ethyl adjacent to an activating group) is 1. The molecular weight excluding hydrogens is 526 g/mol. The van der Waals surface area contributed by atoms with Crippen molar-refractivity contribution in [2.24, 2.45) is 28.6 Å². The van der Waals surface area contributed by atoms with Gasteiger partial charge in [0.25, 0.3) is 0 Å². The molecule has 7 aliphatic rings. The Labute approximate surface area is 241 Å². The van der Waals surface area contributed by atoms with Crippen LogP contribution in [-0.2, 0) is 28.4 Å². The monoisotopic (exact) mass is 569 g/mol. The number of methoxy groups -OCH3 is 3. The van der Waals surface area contributed by atoms with E-state index in [2.05, 4.69) is 18.7 Å². The van der Waals surface area contributed by atoms with Gasteiger partial charge < -0.3 is 33.5 Å². The number of rotatable bonds is 6. The standard InChI is InChI=1S/C32H43NO8/c1-6-33-16-28(2)13-12-21(37-4)31-24(28)25(41-26(34)18-10-8-7-9-11-18)32(27(31)33)30(39-17-40-32)15-20(36-3)19-14-29(31,35)23(30)22(19)38-5/h7-11,19-25,27,35H,6,12-17H2,1-5H3/t19?,20-,21?,22?,23?,24?,25-,27?,28-,29?,30?,31+,32+/m0/s1. The second-order valence-corrected chi connectivity index (χ2v) is 14.0. The molecule has 9 heteroatoms. The molecule has 8 rings (SSSR count). The van der Waals surface area contributed by atoms with E-state index in [1.165, 1.54) is 0 Å². The number of ether oxygens (including phenoxy) is 6. The maximum absolute atomic E-state index is 14.0. The van der Waals surface area contributed by atoms with E-state index in [0.29, 0.717) is 18.4 Å². The van der Waals surface area contributed by atoms with Crippen molar-refractivity contribution in [2.45, 2.75) is 86.8 Å². The normalized spacial score (nSPS) is 54.2. The number of hydrogen-bond acceptors (Lipinski definition) is 9. The van der Waals surface area contributed by atoms with Crippen LogP contribution < -0.4 is 0 Å². The van der Waals surface area contributed by atoms with Crippen LogP contribution in [0.4, 0.5) is 0 Å². The van der Waals surface area contributed by atoms with Crippen LogP contribution in [0, 0.1) is 28.6 Å². The number of benzene rings is 1. The minimum absolute atomic E-state index is 0.00686. The fourth-order valence-corrected chi connectivity index (χ4v) is 12.3. The van der Waals surface area contributed by atoms with Gasteiger partial charge in [0.05, 0.1) is 40.9 Å². The summed E-state index contributed by atoms with van der Waals surface area (Å²) in [7, 11) is 5.24. The molecule has 2 heterocycles. The smallest absolute Gasteiger partial charge is 0.338 e. The van der Waals surface area contributed by atoms with Crippen LogP contribution >= 0.6 is 0 Å². The Balaban J connectivity index is 1.44. The molecule has 13 atom stereocenters. The van der Waals surface area contributed by atoms with Gasteiger partial charge in [0.1, 0.15) is 18.5 Å². The molecule has 1 N–H and O–H groups in total. The Hall–Kier alpha value is -1.59. The summed E-state index contributed by atoms with van der Waals surface area (Å²) < 4.78 is 39.5. The van der Waals surface area contributed by atoms with Crippen molar-refractivity contribution in [3.8, 4) is 0 Å². The number of nitrogens with zero attached hydrogens (tertiary/aromatic N) is 1. The number of esters is 1. The van der Waals surface area contributed by atoms with Gasteiger partial charge in [0, 0.05) is 52.0 Å². The molecule has 0 radical (unpaired) electrons. The van der Waals surface area contributed by atoms with Crippen molar-refractivity contribution >= 4 is 5.97 Å². The molecule has 3 spiro atoms. The number of fused-ring (bicyclic) bond motifs is 1. The van der Waals surface area contributed by atoms with Gasteiger partial charge >= 0.3 is 5.97 Å². The molecule has 5 saturated carbocycles. The first-order valence-corrected chi connectivity index (χ1v) is 15.3. The molecule has 2 aliphatic heterocycles. The molecule has 1 aromatic rings. The highest BCUT2D eigenvalue weighted by molar-refractivity contribution is 5.89. The summed E-state index contributed by atoms with van der Waals surface area (Å²) in [6.45, 7) is 6.18. The minimum Gasteiger partial charge on any atom is -0.455 e. The maximum Gasteiger partial charge on any atom is 0.338 e. The molecule has 0 aromatic heterocycles. The average Bonchev–Trinajstić information content (AvgIpc) is 3.54. The molecule has 7 fully saturated rings. The SMILES string of the molecule is CCN1C[C@]2(C)CCC(OC)[C@]34C2[C@H](OC(=O)c2ccccc2)[C@@]2(OCOC25C[C@H](OC)C2CC3(O)C5C2OC)C14. The number of carbonyl (C=O) groups is 1. The Morgan fingerprint density at radius 2 is 1.85 bits per heavy atom. The molecule has 41 heavy (non-hydrogen) atoms. The summed E-state index contributed by atoms with van der Waals surface area (Å²) in [5, 5.41) is 13.6. The zero-order valence-corrected chi connectivity index (χ0v) is 24.7. The van der Waals surface area contributed by atoms with Crippen molar-refractivity contribution < 1.29 is 38.3 Å². The second-order valence-electron chi connectivity index (χ2n) is 14.0. The van der Waals surface area contributed by atoms with Gasteiger partial charge in [-0.3, -0.25) is 4.90 Å². The van der Waals surface area contributed by atoms with Gasteiger partial charge in [0.2, 0.25) is 0 Å². The summed E-state index contributed by atoms with van der Waals surface area (Å²) >= 11 is 0. The van der Waals surface area contributed by atoms with Crippen LogP contribution in [-0.4, -0.2) is 104 Å². The van der Waals surface area contributed by atoms with E-state index in [0.717, 1.165) is 25.9 Å². The van der Waals surface area contributed by atoms with Crippen molar-refractivity contribution in [3.05, 3.63) is 35.9 Å². The lowest BCUT2D eigenvalue weighted by molar-refractivity contribution is -0.332. The van der Waals surface area contributed by atoms with Crippen molar-refractivity contribution in [2.75, 3.05) is 41.2 Å². The summed E-state index contributed by atoms with van der Waals surface area (Å²) in [6, 6.07) is 8.92. The van der Waals surface area contributed by atoms with E-state index in [4.69, 9.17) is 28.4 Å². The van der Waals surface area contributed by atoms with Gasteiger partial charge in [-0.25, -0.2) is 4.79 Å². The maximum atomic E-state index is 14.0. The first kappa shape index (κ1) is 27.0. The van der Waals surface area contributed by atoms with Gasteiger partial charge in [-0.15, -0.1) is 0 Å². The Bertz CT molecular complexity index is 1250. The van der Waals surface area contributed by atoms with E-state index >= 15 is 0 Å². The fraction of sp³-hybridized carbons (Fsp3) is 0.781. The topological polar surface area (TPSA) is 95.9 Å². The van der Waals surface area contributed by atoms with Crippen molar-refractivity contribution in [1.29, 1.82) is 0 Å². The third-order valence-corrected chi connectivity index (χ3v) is 13.1. The summed E-state index contributed by atoms with van der Waals surface area (Å²) in [4.78, 5) is 16.5.